The molecule has 0 atom stereocenters. The summed E-state index contributed by atoms with van der Waals surface area (Å²) >= 11 is 0. The third-order valence-electron chi connectivity index (χ3n) is 4.44. The molecular formula is C17H29N3O4. The summed E-state index contributed by atoms with van der Waals surface area (Å²) in [5.41, 5.74) is -1.40. The maximum atomic E-state index is 12.7. The standard InChI is InChI=1S/C17H29N3O4/c1-12(2)6-9-20-13(21)17(18-14(20)22)7-10-19(11-8-17)15(23)24-16(3,4)5/h12H,6-11H2,1-5H3,(H,18,22). The van der Waals surface area contributed by atoms with E-state index in [9.17, 15) is 14.4 Å². The van der Waals surface area contributed by atoms with Crippen molar-refractivity contribution in [3.63, 3.8) is 0 Å². The predicted molar refractivity (Wildman–Crippen MR) is 89.5 cm³/mol. The number of piperidine rings is 1. The number of hydrogen-bond donors (Lipinski definition) is 1. The van der Waals surface area contributed by atoms with Crippen LogP contribution >= 0.6 is 0 Å². The fourth-order valence-corrected chi connectivity index (χ4v) is 3.00. The summed E-state index contributed by atoms with van der Waals surface area (Å²) in [6.45, 7) is 10.8. The van der Waals surface area contributed by atoms with E-state index in [1.165, 1.54) is 4.90 Å². The highest BCUT2D eigenvalue weighted by Crippen LogP contribution is 2.30. The van der Waals surface area contributed by atoms with Crippen molar-refractivity contribution >= 4 is 18.0 Å². The van der Waals surface area contributed by atoms with Crippen LogP contribution < -0.4 is 5.32 Å². The van der Waals surface area contributed by atoms with E-state index in [-0.39, 0.29) is 18.0 Å². The van der Waals surface area contributed by atoms with E-state index in [1.54, 1.807) is 4.90 Å². The SMILES string of the molecule is CC(C)CCN1C(=O)NC2(CCN(C(=O)OC(C)(C)C)CC2)C1=O. The Bertz CT molecular complexity index is 516. The maximum absolute atomic E-state index is 12.7. The molecule has 24 heavy (non-hydrogen) atoms. The molecule has 2 saturated heterocycles. The molecule has 0 aromatic rings. The number of nitrogens with one attached hydrogen (secondary N) is 1. The lowest BCUT2D eigenvalue weighted by Crippen LogP contribution is -2.56. The zero-order valence-electron chi connectivity index (χ0n) is 15.3. The lowest BCUT2D eigenvalue weighted by Gasteiger charge is -2.37. The highest BCUT2D eigenvalue weighted by molar-refractivity contribution is 6.07. The van der Waals surface area contributed by atoms with Gasteiger partial charge in [0.15, 0.2) is 0 Å². The number of likely N-dealkylation sites (tertiary alicyclic amines) is 1. The van der Waals surface area contributed by atoms with Gasteiger partial charge in [0.2, 0.25) is 0 Å². The number of nitrogens with zero attached hydrogens (tertiary/aromatic N) is 2. The highest BCUT2D eigenvalue weighted by Gasteiger charge is 2.52. The van der Waals surface area contributed by atoms with Crippen LogP contribution in [0, 0.1) is 5.92 Å². The Morgan fingerprint density at radius 3 is 2.33 bits per heavy atom. The molecule has 1 N–H and O–H groups in total. The second-order valence-corrected chi connectivity index (χ2v) is 8.12. The summed E-state index contributed by atoms with van der Waals surface area (Å²) in [6.07, 6.45) is 1.27. The van der Waals surface area contributed by atoms with Crippen molar-refractivity contribution in [2.24, 2.45) is 5.92 Å². The minimum absolute atomic E-state index is 0.156. The third kappa shape index (κ3) is 3.99. The predicted octanol–water partition coefficient (Wildman–Crippen LogP) is 2.35. The molecule has 2 fully saturated rings. The zero-order valence-corrected chi connectivity index (χ0v) is 15.3. The summed E-state index contributed by atoms with van der Waals surface area (Å²) in [5.74, 6) is 0.271. The van der Waals surface area contributed by atoms with Gasteiger partial charge < -0.3 is 15.0 Å². The fraction of sp³-hybridized carbons (Fsp3) is 0.824. The van der Waals surface area contributed by atoms with E-state index in [0.717, 1.165) is 6.42 Å². The van der Waals surface area contributed by atoms with Crippen molar-refractivity contribution < 1.29 is 19.1 Å². The number of carbonyl (C=O) groups excluding carboxylic acids is 3. The van der Waals surface area contributed by atoms with E-state index in [1.807, 2.05) is 20.8 Å². The van der Waals surface area contributed by atoms with Crippen LogP contribution in [0.5, 0.6) is 0 Å². The van der Waals surface area contributed by atoms with E-state index in [0.29, 0.717) is 38.4 Å². The van der Waals surface area contributed by atoms with Gasteiger partial charge in [0.05, 0.1) is 0 Å². The minimum atomic E-state index is -0.855. The van der Waals surface area contributed by atoms with Gasteiger partial charge in [0.1, 0.15) is 11.1 Å². The van der Waals surface area contributed by atoms with Gasteiger partial charge in [0.25, 0.3) is 5.91 Å². The first-order chi connectivity index (χ1) is 11.0. The fourth-order valence-electron chi connectivity index (χ4n) is 3.00. The number of hydrogen-bond acceptors (Lipinski definition) is 4. The lowest BCUT2D eigenvalue weighted by atomic mass is 9.87. The van der Waals surface area contributed by atoms with Gasteiger partial charge >= 0.3 is 12.1 Å². The van der Waals surface area contributed by atoms with Gasteiger partial charge in [-0.1, -0.05) is 13.8 Å². The first-order valence-corrected chi connectivity index (χ1v) is 8.66. The molecule has 7 nitrogen and oxygen atoms in total. The molecule has 0 aromatic carbocycles. The van der Waals surface area contributed by atoms with Gasteiger partial charge in [-0.05, 0) is 46.0 Å². The molecular weight excluding hydrogens is 310 g/mol. The Morgan fingerprint density at radius 1 is 1.25 bits per heavy atom. The summed E-state index contributed by atoms with van der Waals surface area (Å²) in [5, 5.41) is 2.86. The maximum Gasteiger partial charge on any atom is 0.410 e. The van der Waals surface area contributed by atoms with Crippen LogP contribution in [-0.4, -0.2) is 58.6 Å². The van der Waals surface area contributed by atoms with Crippen molar-refractivity contribution in [3.8, 4) is 0 Å². The summed E-state index contributed by atoms with van der Waals surface area (Å²) in [7, 11) is 0. The van der Waals surface area contributed by atoms with E-state index in [4.69, 9.17) is 4.74 Å². The molecule has 4 amide bonds. The molecule has 0 bridgehead atoms. The normalized spacial score (nSPS) is 20.8. The Balaban J connectivity index is 1.96. The average molecular weight is 339 g/mol. The molecule has 2 rings (SSSR count). The van der Waals surface area contributed by atoms with Gasteiger partial charge in [-0.3, -0.25) is 9.69 Å². The smallest absolute Gasteiger partial charge is 0.410 e. The second-order valence-electron chi connectivity index (χ2n) is 8.12. The van der Waals surface area contributed by atoms with Gasteiger partial charge in [-0.25, -0.2) is 9.59 Å². The Hall–Kier alpha value is -1.79. The average Bonchev–Trinajstić information content (AvgIpc) is 2.67. The lowest BCUT2D eigenvalue weighted by molar-refractivity contribution is -0.133. The van der Waals surface area contributed by atoms with Crippen molar-refractivity contribution in [3.05, 3.63) is 0 Å². The Morgan fingerprint density at radius 2 is 1.83 bits per heavy atom. The van der Waals surface area contributed by atoms with Crippen LogP contribution in [0.1, 0.15) is 53.9 Å². The first kappa shape index (κ1) is 18.5. The molecule has 0 unspecified atom stereocenters. The molecule has 2 aliphatic rings. The molecule has 0 radical (unpaired) electrons. The van der Waals surface area contributed by atoms with E-state index in [2.05, 4.69) is 19.2 Å². The summed E-state index contributed by atoms with van der Waals surface area (Å²) in [4.78, 5) is 39.9. The van der Waals surface area contributed by atoms with Crippen LogP contribution in [0.3, 0.4) is 0 Å². The highest BCUT2D eigenvalue weighted by atomic mass is 16.6. The molecule has 136 valence electrons. The number of carbonyl (C=O) groups is 3. The summed E-state index contributed by atoms with van der Waals surface area (Å²) in [6, 6.07) is -0.314. The molecule has 1 spiro atoms. The molecule has 0 aromatic heterocycles. The van der Waals surface area contributed by atoms with Crippen LogP contribution in [0.4, 0.5) is 9.59 Å². The van der Waals surface area contributed by atoms with Gasteiger partial charge in [-0.2, -0.15) is 0 Å². The monoisotopic (exact) mass is 339 g/mol. The molecule has 0 aliphatic carbocycles. The van der Waals surface area contributed by atoms with Crippen molar-refractivity contribution in [1.82, 2.24) is 15.1 Å². The van der Waals surface area contributed by atoms with E-state index >= 15 is 0 Å². The van der Waals surface area contributed by atoms with Crippen molar-refractivity contribution in [1.29, 1.82) is 0 Å². The van der Waals surface area contributed by atoms with Crippen LogP contribution in [0.2, 0.25) is 0 Å². The Labute approximate surface area is 143 Å². The van der Waals surface area contributed by atoms with Crippen LogP contribution in [-0.2, 0) is 9.53 Å². The van der Waals surface area contributed by atoms with Crippen LogP contribution in [0.15, 0.2) is 0 Å². The minimum Gasteiger partial charge on any atom is -0.444 e. The molecule has 2 heterocycles. The number of imide groups is 1. The van der Waals surface area contributed by atoms with Gasteiger partial charge in [-0.15, -0.1) is 0 Å². The van der Waals surface area contributed by atoms with Gasteiger partial charge in [0, 0.05) is 19.6 Å². The van der Waals surface area contributed by atoms with Crippen LogP contribution in [0.25, 0.3) is 0 Å². The topological polar surface area (TPSA) is 79.0 Å². The Kier molecular flexibility index (Phi) is 5.11. The van der Waals surface area contributed by atoms with Crippen molar-refractivity contribution in [2.75, 3.05) is 19.6 Å². The quantitative estimate of drug-likeness (QED) is 0.801. The molecule has 7 heteroatoms. The number of rotatable bonds is 3. The first-order valence-electron chi connectivity index (χ1n) is 8.66. The van der Waals surface area contributed by atoms with E-state index < -0.39 is 11.1 Å². The summed E-state index contributed by atoms with van der Waals surface area (Å²) < 4.78 is 5.37. The number of urea groups is 1. The number of amides is 4. The molecule has 0 saturated carbocycles. The second kappa shape index (κ2) is 6.61. The molecule has 2 aliphatic heterocycles. The zero-order chi connectivity index (χ0) is 18.1. The largest absolute Gasteiger partial charge is 0.444 e. The number of ether oxygens (including phenoxy) is 1. The van der Waals surface area contributed by atoms with Crippen molar-refractivity contribution in [2.45, 2.75) is 65.0 Å². The third-order valence-corrected chi connectivity index (χ3v) is 4.44.